The molecule has 2 aromatic rings. The van der Waals surface area contributed by atoms with Crippen LogP contribution >= 0.6 is 0 Å². The van der Waals surface area contributed by atoms with Gasteiger partial charge in [0.1, 0.15) is 11.5 Å². The van der Waals surface area contributed by atoms with Crippen molar-refractivity contribution in [1.82, 2.24) is 0 Å². The summed E-state index contributed by atoms with van der Waals surface area (Å²) in [7, 11) is 2.86. The Balaban J connectivity index is 1.96. The van der Waals surface area contributed by atoms with Gasteiger partial charge in [-0.2, -0.15) is 0 Å². The number of aliphatic hydroxyl groups is 1. The molecule has 2 aliphatic heterocycles. The molecule has 0 aliphatic carbocycles. The van der Waals surface area contributed by atoms with Crippen molar-refractivity contribution >= 4 is 11.8 Å². The summed E-state index contributed by atoms with van der Waals surface area (Å²) < 4.78 is 33.0. The van der Waals surface area contributed by atoms with Crippen molar-refractivity contribution in [3.05, 3.63) is 35.4 Å². The lowest BCUT2D eigenvalue weighted by atomic mass is 9.72. The van der Waals surface area contributed by atoms with Gasteiger partial charge in [-0.3, -0.25) is 9.59 Å². The van der Waals surface area contributed by atoms with Gasteiger partial charge in [-0.1, -0.05) is 0 Å². The third-order valence-electron chi connectivity index (χ3n) is 5.59. The lowest BCUT2D eigenvalue weighted by Gasteiger charge is -2.42. The van der Waals surface area contributed by atoms with E-state index in [2.05, 4.69) is 0 Å². The fourth-order valence-corrected chi connectivity index (χ4v) is 4.35. The monoisotopic (exact) mass is 444 g/mol. The Hall–Kier alpha value is -3.46. The van der Waals surface area contributed by atoms with E-state index in [1.165, 1.54) is 35.0 Å². The number of Topliss-reactive ketones (excluding diaryl/α,β-unsaturated/α-hetero) is 1. The van der Waals surface area contributed by atoms with Crippen molar-refractivity contribution in [2.45, 2.75) is 32.5 Å². The number of ketones is 1. The van der Waals surface area contributed by atoms with Crippen molar-refractivity contribution in [2.75, 3.05) is 21.0 Å². The quantitative estimate of drug-likeness (QED) is 0.550. The standard InChI is InChI=1S/C23H24O9/c1-11(24)21-20(13-6-18(27-4)22(31-12(2)25)19(7-13)28-5)14-8-16-17(30-10-29-16)9-15(14)32-23(21,3)26/h6-9,20-21,26H,10H2,1-5H3/t20-,21+,23+/m1/s1. The number of ether oxygens (including phenoxy) is 6. The number of fused-ring (bicyclic) bond motifs is 2. The second kappa shape index (κ2) is 7.90. The fraction of sp³-hybridized carbons (Fsp3) is 0.391. The molecule has 0 radical (unpaired) electrons. The predicted octanol–water partition coefficient (Wildman–Crippen LogP) is 2.80. The molecule has 170 valence electrons. The molecule has 0 saturated carbocycles. The number of methoxy groups -OCH3 is 2. The molecular weight excluding hydrogens is 420 g/mol. The molecule has 0 unspecified atom stereocenters. The summed E-state index contributed by atoms with van der Waals surface area (Å²) in [5, 5.41) is 11.1. The molecule has 1 N–H and O–H groups in total. The van der Waals surface area contributed by atoms with E-state index >= 15 is 0 Å². The number of benzene rings is 2. The number of rotatable bonds is 5. The van der Waals surface area contributed by atoms with Gasteiger partial charge >= 0.3 is 5.97 Å². The van der Waals surface area contributed by atoms with E-state index in [0.29, 0.717) is 28.4 Å². The second-order valence-corrected chi connectivity index (χ2v) is 7.81. The highest BCUT2D eigenvalue weighted by Gasteiger charge is 2.50. The zero-order valence-corrected chi connectivity index (χ0v) is 18.4. The molecule has 0 aromatic heterocycles. The summed E-state index contributed by atoms with van der Waals surface area (Å²) in [6, 6.07) is 6.68. The number of esters is 1. The zero-order valence-electron chi connectivity index (χ0n) is 18.4. The summed E-state index contributed by atoms with van der Waals surface area (Å²) in [6.07, 6.45) is 0. The van der Waals surface area contributed by atoms with Gasteiger partial charge in [0.05, 0.1) is 20.1 Å². The maximum absolute atomic E-state index is 12.7. The summed E-state index contributed by atoms with van der Waals surface area (Å²) >= 11 is 0. The molecule has 0 bridgehead atoms. The van der Waals surface area contributed by atoms with Gasteiger partial charge in [0.25, 0.3) is 0 Å². The van der Waals surface area contributed by atoms with Crippen LogP contribution in [-0.4, -0.2) is 43.7 Å². The van der Waals surface area contributed by atoms with Crippen LogP contribution in [0.4, 0.5) is 0 Å². The minimum atomic E-state index is -1.80. The van der Waals surface area contributed by atoms with E-state index in [1.54, 1.807) is 24.3 Å². The van der Waals surface area contributed by atoms with Crippen LogP contribution in [0.3, 0.4) is 0 Å². The van der Waals surface area contributed by atoms with E-state index in [-0.39, 0.29) is 29.8 Å². The minimum Gasteiger partial charge on any atom is -0.493 e. The largest absolute Gasteiger partial charge is 0.493 e. The van der Waals surface area contributed by atoms with Crippen molar-refractivity contribution in [2.24, 2.45) is 5.92 Å². The number of hydrogen-bond acceptors (Lipinski definition) is 9. The predicted molar refractivity (Wildman–Crippen MR) is 111 cm³/mol. The van der Waals surface area contributed by atoms with Crippen LogP contribution in [0.25, 0.3) is 0 Å². The molecule has 0 saturated heterocycles. The normalized spacial score (nSPS) is 23.1. The number of hydrogen-bond donors (Lipinski definition) is 1. The maximum atomic E-state index is 12.7. The minimum absolute atomic E-state index is 0.0636. The smallest absolute Gasteiger partial charge is 0.308 e. The van der Waals surface area contributed by atoms with E-state index < -0.39 is 23.6 Å². The summed E-state index contributed by atoms with van der Waals surface area (Å²) in [6.45, 7) is 4.18. The molecular formula is C23H24O9. The van der Waals surface area contributed by atoms with Gasteiger partial charge in [0.15, 0.2) is 23.0 Å². The van der Waals surface area contributed by atoms with Crippen molar-refractivity contribution in [3.8, 4) is 34.5 Å². The Morgan fingerprint density at radius 3 is 2.12 bits per heavy atom. The van der Waals surface area contributed by atoms with Crippen LogP contribution < -0.4 is 28.4 Å². The van der Waals surface area contributed by atoms with Crippen molar-refractivity contribution < 1.29 is 43.1 Å². The van der Waals surface area contributed by atoms with Crippen LogP contribution in [0.1, 0.15) is 37.8 Å². The SMILES string of the molecule is COc1cc([C@@H]2c3cc4c(cc3O[C@](C)(O)[C@H]2C(C)=O)OCO4)cc(OC)c1OC(C)=O. The Bertz CT molecular complexity index is 1060. The highest BCUT2D eigenvalue weighted by Crippen LogP contribution is 2.53. The number of carbonyl (C=O) groups excluding carboxylic acids is 2. The first-order valence-corrected chi connectivity index (χ1v) is 9.96. The molecule has 0 fully saturated rings. The highest BCUT2D eigenvalue weighted by molar-refractivity contribution is 5.82. The summed E-state index contributed by atoms with van der Waals surface area (Å²) in [5.74, 6) is -2.24. The molecule has 9 heteroatoms. The molecule has 2 heterocycles. The molecule has 3 atom stereocenters. The van der Waals surface area contributed by atoms with E-state index in [9.17, 15) is 14.7 Å². The van der Waals surface area contributed by atoms with Gasteiger partial charge in [-0.05, 0) is 30.7 Å². The van der Waals surface area contributed by atoms with Crippen LogP contribution in [0.15, 0.2) is 24.3 Å². The third-order valence-corrected chi connectivity index (χ3v) is 5.59. The fourth-order valence-electron chi connectivity index (χ4n) is 4.35. The Morgan fingerprint density at radius 1 is 1.00 bits per heavy atom. The van der Waals surface area contributed by atoms with Crippen molar-refractivity contribution in [3.63, 3.8) is 0 Å². The van der Waals surface area contributed by atoms with E-state index in [1.807, 2.05) is 0 Å². The molecule has 4 rings (SSSR count). The Morgan fingerprint density at radius 2 is 1.59 bits per heavy atom. The summed E-state index contributed by atoms with van der Waals surface area (Å²) in [5.41, 5.74) is 1.23. The lowest BCUT2D eigenvalue weighted by Crippen LogP contribution is -2.50. The van der Waals surface area contributed by atoms with Gasteiger partial charge < -0.3 is 33.5 Å². The van der Waals surface area contributed by atoms with Crippen molar-refractivity contribution in [1.29, 1.82) is 0 Å². The van der Waals surface area contributed by atoms with Gasteiger partial charge in [0, 0.05) is 31.4 Å². The Kier molecular flexibility index (Phi) is 5.37. The third kappa shape index (κ3) is 3.58. The average Bonchev–Trinajstić information content (AvgIpc) is 3.17. The highest BCUT2D eigenvalue weighted by atomic mass is 16.7. The average molecular weight is 444 g/mol. The van der Waals surface area contributed by atoms with Crippen LogP contribution in [0.2, 0.25) is 0 Å². The van der Waals surface area contributed by atoms with E-state index in [4.69, 9.17) is 28.4 Å². The summed E-state index contributed by atoms with van der Waals surface area (Å²) in [4.78, 5) is 24.3. The van der Waals surface area contributed by atoms with Crippen LogP contribution in [-0.2, 0) is 9.59 Å². The molecule has 0 spiro atoms. The second-order valence-electron chi connectivity index (χ2n) is 7.81. The zero-order chi connectivity index (χ0) is 23.2. The van der Waals surface area contributed by atoms with Crippen LogP contribution in [0.5, 0.6) is 34.5 Å². The molecule has 2 aromatic carbocycles. The first-order valence-electron chi connectivity index (χ1n) is 9.96. The molecule has 2 aliphatic rings. The Labute approximate surface area is 184 Å². The van der Waals surface area contributed by atoms with Gasteiger partial charge in [-0.25, -0.2) is 0 Å². The number of carbonyl (C=O) groups is 2. The van der Waals surface area contributed by atoms with E-state index in [0.717, 1.165) is 0 Å². The van der Waals surface area contributed by atoms with Crippen LogP contribution in [0, 0.1) is 5.92 Å². The first-order chi connectivity index (χ1) is 15.2. The molecule has 9 nitrogen and oxygen atoms in total. The van der Waals surface area contributed by atoms with Gasteiger partial charge in [0.2, 0.25) is 18.3 Å². The molecule has 0 amide bonds. The van der Waals surface area contributed by atoms with Gasteiger partial charge in [-0.15, -0.1) is 0 Å². The lowest BCUT2D eigenvalue weighted by molar-refractivity contribution is -0.181. The molecule has 32 heavy (non-hydrogen) atoms. The maximum Gasteiger partial charge on any atom is 0.308 e. The first kappa shape index (κ1) is 21.8. The topological polar surface area (TPSA) is 110 Å².